The van der Waals surface area contributed by atoms with E-state index in [9.17, 15) is 5.11 Å². The lowest BCUT2D eigenvalue weighted by atomic mass is 10.2. The Hall–Kier alpha value is -1.86. The van der Waals surface area contributed by atoms with Gasteiger partial charge in [0, 0.05) is 12.4 Å². The van der Waals surface area contributed by atoms with Crippen LogP contribution in [0.1, 0.15) is 18.9 Å². The second-order valence-corrected chi connectivity index (χ2v) is 3.30. The Labute approximate surface area is 91.3 Å². The molecular formula is C9H11N5O2. The molecule has 3 N–H and O–H groups in total. The fourth-order valence-corrected chi connectivity index (χ4v) is 1.08. The maximum atomic E-state index is 9.27. The molecule has 2 atom stereocenters. The van der Waals surface area contributed by atoms with Crippen LogP contribution in [0.3, 0.4) is 0 Å². The van der Waals surface area contributed by atoms with Crippen molar-refractivity contribution in [3.63, 3.8) is 0 Å². The Balaban J connectivity index is 2.27. The van der Waals surface area contributed by atoms with Crippen LogP contribution in [0.4, 0.5) is 0 Å². The van der Waals surface area contributed by atoms with Gasteiger partial charge in [0.15, 0.2) is 0 Å². The number of hydrogen-bond acceptors (Lipinski definition) is 7. The number of nitrogens with two attached hydrogens (primary N) is 1. The first-order valence-corrected chi connectivity index (χ1v) is 4.73. The number of aromatic nitrogens is 4. The van der Waals surface area contributed by atoms with Gasteiger partial charge in [0.25, 0.3) is 0 Å². The maximum Gasteiger partial charge on any atom is 0.246 e. The second-order valence-electron chi connectivity index (χ2n) is 3.30. The number of aliphatic hydroxyl groups excluding tert-OH is 1. The van der Waals surface area contributed by atoms with E-state index in [1.165, 1.54) is 0 Å². The monoisotopic (exact) mass is 221 g/mol. The molecule has 7 heteroatoms. The molecule has 2 heterocycles. The molecule has 0 spiro atoms. The summed E-state index contributed by atoms with van der Waals surface area (Å²) in [5, 5.41) is 13.0. The highest BCUT2D eigenvalue weighted by Gasteiger charge is 2.20. The summed E-state index contributed by atoms with van der Waals surface area (Å²) < 4.78 is 4.92. The van der Waals surface area contributed by atoms with Crippen LogP contribution < -0.4 is 5.73 Å². The van der Waals surface area contributed by atoms with Gasteiger partial charge in [-0.15, -0.1) is 0 Å². The van der Waals surface area contributed by atoms with Gasteiger partial charge in [0.1, 0.15) is 6.04 Å². The molecule has 0 radical (unpaired) electrons. The van der Waals surface area contributed by atoms with Gasteiger partial charge in [-0.1, -0.05) is 5.16 Å². The lowest BCUT2D eigenvalue weighted by Gasteiger charge is -2.08. The number of hydrogen-bond donors (Lipinski definition) is 2. The first-order valence-electron chi connectivity index (χ1n) is 4.73. The molecule has 0 aliphatic rings. The van der Waals surface area contributed by atoms with Gasteiger partial charge in [-0.25, -0.2) is 9.97 Å². The predicted molar refractivity (Wildman–Crippen MR) is 53.9 cm³/mol. The van der Waals surface area contributed by atoms with E-state index in [0.717, 1.165) is 0 Å². The van der Waals surface area contributed by atoms with Gasteiger partial charge in [0.2, 0.25) is 17.5 Å². The van der Waals surface area contributed by atoms with Gasteiger partial charge < -0.3 is 15.4 Å². The molecule has 0 saturated heterocycles. The minimum atomic E-state index is -0.759. The Morgan fingerprint density at radius 1 is 1.31 bits per heavy atom. The molecular weight excluding hydrogens is 210 g/mol. The molecule has 7 nitrogen and oxygen atoms in total. The third kappa shape index (κ3) is 2.05. The van der Waals surface area contributed by atoms with Crippen molar-refractivity contribution in [2.24, 2.45) is 5.73 Å². The molecule has 2 aromatic rings. The normalized spacial score (nSPS) is 14.7. The lowest BCUT2D eigenvalue weighted by Crippen LogP contribution is -2.23. The standard InChI is InChI=1S/C9H11N5O2/c1-5(15)6(10)9-13-8(14-16-9)7-11-3-2-4-12-7/h2-6,15H,10H2,1H3. The summed E-state index contributed by atoms with van der Waals surface area (Å²) in [6.07, 6.45) is 2.39. The smallest absolute Gasteiger partial charge is 0.246 e. The third-order valence-corrected chi connectivity index (χ3v) is 2.01. The highest BCUT2D eigenvalue weighted by Crippen LogP contribution is 2.15. The Bertz CT molecular complexity index is 456. The van der Waals surface area contributed by atoms with Crippen LogP contribution in [0.25, 0.3) is 11.6 Å². The van der Waals surface area contributed by atoms with E-state index in [1.54, 1.807) is 25.4 Å². The Kier molecular flexibility index (Phi) is 2.88. The molecule has 2 unspecified atom stereocenters. The summed E-state index contributed by atoms with van der Waals surface area (Å²) in [7, 11) is 0. The molecule has 0 aliphatic heterocycles. The number of rotatable bonds is 3. The van der Waals surface area contributed by atoms with Crippen LogP contribution in [0.2, 0.25) is 0 Å². The van der Waals surface area contributed by atoms with Crippen molar-refractivity contribution >= 4 is 0 Å². The quantitative estimate of drug-likeness (QED) is 0.744. The van der Waals surface area contributed by atoms with Crippen LogP contribution in [-0.4, -0.2) is 31.3 Å². The Morgan fingerprint density at radius 2 is 2.00 bits per heavy atom. The Morgan fingerprint density at radius 3 is 2.62 bits per heavy atom. The molecule has 0 saturated carbocycles. The molecule has 0 aliphatic carbocycles. The highest BCUT2D eigenvalue weighted by atomic mass is 16.5. The minimum Gasteiger partial charge on any atom is -0.391 e. The van der Waals surface area contributed by atoms with Crippen LogP contribution >= 0.6 is 0 Å². The van der Waals surface area contributed by atoms with E-state index in [2.05, 4.69) is 20.1 Å². The maximum absolute atomic E-state index is 9.27. The summed E-state index contributed by atoms with van der Waals surface area (Å²) in [5.74, 6) is 0.777. The van der Waals surface area contributed by atoms with Crippen molar-refractivity contribution in [2.75, 3.05) is 0 Å². The van der Waals surface area contributed by atoms with E-state index >= 15 is 0 Å². The largest absolute Gasteiger partial charge is 0.391 e. The summed E-state index contributed by atoms with van der Waals surface area (Å²) in [6, 6.07) is 0.983. The van der Waals surface area contributed by atoms with Crippen molar-refractivity contribution in [1.82, 2.24) is 20.1 Å². The molecule has 0 aromatic carbocycles. The zero-order chi connectivity index (χ0) is 11.5. The van der Waals surface area contributed by atoms with E-state index in [4.69, 9.17) is 10.3 Å². The summed E-state index contributed by atoms with van der Waals surface area (Å²) in [6.45, 7) is 1.55. The van der Waals surface area contributed by atoms with Gasteiger partial charge in [-0.2, -0.15) is 4.98 Å². The van der Waals surface area contributed by atoms with Crippen molar-refractivity contribution < 1.29 is 9.63 Å². The molecule has 2 aromatic heterocycles. The minimum absolute atomic E-state index is 0.164. The summed E-state index contributed by atoms with van der Waals surface area (Å²) >= 11 is 0. The zero-order valence-electron chi connectivity index (χ0n) is 8.61. The van der Waals surface area contributed by atoms with Crippen molar-refractivity contribution in [2.45, 2.75) is 19.1 Å². The average Bonchev–Trinajstić information content (AvgIpc) is 2.78. The fourth-order valence-electron chi connectivity index (χ4n) is 1.08. The third-order valence-electron chi connectivity index (χ3n) is 2.01. The summed E-state index contributed by atoms with van der Waals surface area (Å²) in [5.41, 5.74) is 5.64. The highest BCUT2D eigenvalue weighted by molar-refractivity contribution is 5.40. The number of aliphatic hydroxyl groups is 1. The average molecular weight is 221 g/mol. The van der Waals surface area contributed by atoms with Crippen LogP contribution in [-0.2, 0) is 0 Å². The van der Waals surface area contributed by atoms with Gasteiger partial charge in [0.05, 0.1) is 6.10 Å². The van der Waals surface area contributed by atoms with E-state index < -0.39 is 12.1 Å². The van der Waals surface area contributed by atoms with Crippen LogP contribution in [0.15, 0.2) is 23.0 Å². The first-order chi connectivity index (χ1) is 7.68. The first kappa shape index (κ1) is 10.7. The van der Waals surface area contributed by atoms with Crippen LogP contribution in [0.5, 0.6) is 0 Å². The van der Waals surface area contributed by atoms with E-state index in [-0.39, 0.29) is 11.7 Å². The fraction of sp³-hybridized carbons (Fsp3) is 0.333. The van der Waals surface area contributed by atoms with E-state index in [1.807, 2.05) is 0 Å². The SMILES string of the molecule is CC(O)C(N)c1nc(-c2ncccn2)no1. The van der Waals surface area contributed by atoms with Crippen molar-refractivity contribution in [3.8, 4) is 11.6 Å². The number of nitrogens with zero attached hydrogens (tertiary/aromatic N) is 4. The molecule has 0 amide bonds. The van der Waals surface area contributed by atoms with Gasteiger partial charge >= 0.3 is 0 Å². The molecule has 2 rings (SSSR count). The van der Waals surface area contributed by atoms with Gasteiger partial charge in [-0.3, -0.25) is 0 Å². The van der Waals surface area contributed by atoms with Crippen molar-refractivity contribution in [3.05, 3.63) is 24.4 Å². The predicted octanol–water partition coefficient (Wildman–Crippen LogP) is -0.0928. The molecule has 16 heavy (non-hydrogen) atoms. The van der Waals surface area contributed by atoms with E-state index in [0.29, 0.717) is 5.82 Å². The molecule has 84 valence electrons. The second kappa shape index (κ2) is 4.33. The molecule has 0 bridgehead atoms. The lowest BCUT2D eigenvalue weighted by molar-refractivity contribution is 0.146. The van der Waals surface area contributed by atoms with Gasteiger partial charge in [-0.05, 0) is 13.0 Å². The zero-order valence-corrected chi connectivity index (χ0v) is 8.61. The molecule has 0 fully saturated rings. The topological polar surface area (TPSA) is 111 Å². The van der Waals surface area contributed by atoms with Crippen molar-refractivity contribution in [1.29, 1.82) is 0 Å². The summed E-state index contributed by atoms with van der Waals surface area (Å²) in [4.78, 5) is 11.9. The van der Waals surface area contributed by atoms with Crippen LogP contribution in [0, 0.1) is 0 Å².